The monoisotopic (exact) mass is 272 g/mol. The highest BCUT2D eigenvalue weighted by atomic mass is 16.5. The second-order valence-corrected chi connectivity index (χ2v) is 3.63. The Labute approximate surface area is 132 Å². The fourth-order valence-electron chi connectivity index (χ4n) is 1.57. The fraction of sp³-hybridized carbons (Fsp3) is 0.400. The van der Waals surface area contributed by atoms with Crippen molar-refractivity contribution in [3.63, 3.8) is 0 Å². The third-order valence-corrected chi connectivity index (χ3v) is 2.38. The Balaban J connectivity index is 2.62. The van der Waals surface area contributed by atoms with Crippen LogP contribution < -0.4 is 0 Å². The summed E-state index contributed by atoms with van der Waals surface area (Å²) in [6.07, 6.45) is -0.443. The molecule has 1 atom stereocenters. The van der Waals surface area contributed by atoms with Crippen LogP contribution in [0.1, 0.15) is 35.2 Å². The van der Waals surface area contributed by atoms with Gasteiger partial charge in [0.15, 0.2) is 0 Å². The highest BCUT2D eigenvalue weighted by Crippen LogP contribution is 2.25. The van der Waals surface area contributed by atoms with Crippen molar-refractivity contribution in [1.29, 1.82) is 0 Å². The first kappa shape index (κ1) is 4.72. The van der Waals surface area contributed by atoms with E-state index >= 15 is 0 Å². The van der Waals surface area contributed by atoms with E-state index in [1.807, 2.05) is 0 Å². The maximum Gasteiger partial charge on any atom is 0.124 e. The van der Waals surface area contributed by atoms with E-state index in [-0.39, 0.29) is 11.3 Å². The average molecular weight is 272 g/mol. The molecule has 0 bridgehead atoms. The Hall–Kier alpha value is -1.65. The molecule has 0 amide bonds. The van der Waals surface area contributed by atoms with Gasteiger partial charge in [0.2, 0.25) is 0 Å². The Morgan fingerprint density at radius 3 is 2.95 bits per heavy atom. The number of ether oxygens (including phenoxy) is 1. The number of nitrogens with zero attached hydrogens (tertiary/aromatic N) is 3. The van der Waals surface area contributed by atoms with Gasteiger partial charge in [-0.05, 0) is 25.6 Å². The van der Waals surface area contributed by atoms with Crippen molar-refractivity contribution in [3.05, 3.63) is 53.9 Å². The topological polar surface area (TPSA) is 30.3 Å². The van der Waals surface area contributed by atoms with Crippen LogP contribution in [0.15, 0.2) is 42.6 Å². The molecule has 2 rings (SSSR count). The summed E-state index contributed by atoms with van der Waals surface area (Å²) < 4.78 is 106. The van der Waals surface area contributed by atoms with Crippen LogP contribution >= 0.6 is 0 Å². The molecule has 1 aromatic heterocycles. The quantitative estimate of drug-likeness (QED) is 0.806. The third-order valence-electron chi connectivity index (χ3n) is 2.38. The van der Waals surface area contributed by atoms with E-state index < -0.39 is 45.0 Å². The van der Waals surface area contributed by atoms with Gasteiger partial charge in [-0.3, -0.25) is 4.68 Å². The van der Waals surface area contributed by atoms with E-state index in [2.05, 4.69) is 5.10 Å². The summed E-state index contributed by atoms with van der Waals surface area (Å²) in [6.45, 7) is -17.1. The number of likely N-dealkylation sites (N-methyl/N-ethyl adjacent to an activating group) is 1. The molecule has 0 aliphatic rings. The second-order valence-electron chi connectivity index (χ2n) is 3.63. The molecule has 102 valence electrons. The van der Waals surface area contributed by atoms with Crippen molar-refractivity contribution in [2.75, 3.05) is 27.0 Å². The van der Waals surface area contributed by atoms with Crippen molar-refractivity contribution in [1.82, 2.24) is 14.7 Å². The van der Waals surface area contributed by atoms with Crippen molar-refractivity contribution >= 4 is 0 Å². The standard InChI is InChI=1S/C15H21N3O/c1-17(2)11-12-19-15(13-7-5-4-6-8-13)14-9-10-16-18(14)3/h4-10,15H,11-12H2,1-3H3/i1D3,2D3,3D3,11D2,12D2. The van der Waals surface area contributed by atoms with Gasteiger partial charge < -0.3 is 9.64 Å². The molecule has 2 aromatic rings. The summed E-state index contributed by atoms with van der Waals surface area (Å²) in [4.78, 5) is -0.559. The summed E-state index contributed by atoms with van der Waals surface area (Å²) in [5.74, 6) is 0. The van der Waals surface area contributed by atoms with Gasteiger partial charge in [-0.15, -0.1) is 0 Å². The van der Waals surface area contributed by atoms with E-state index in [9.17, 15) is 0 Å². The summed E-state index contributed by atoms with van der Waals surface area (Å²) in [7, 11) is 0. The van der Waals surface area contributed by atoms with Gasteiger partial charge in [0.25, 0.3) is 0 Å². The number of rotatable bonds is 6. The predicted molar refractivity (Wildman–Crippen MR) is 76.0 cm³/mol. The van der Waals surface area contributed by atoms with Crippen LogP contribution in [-0.2, 0) is 11.7 Å². The summed E-state index contributed by atoms with van der Waals surface area (Å²) >= 11 is 0. The summed E-state index contributed by atoms with van der Waals surface area (Å²) in [5, 5.41) is 3.71. The molecule has 0 spiro atoms. The fourth-order valence-corrected chi connectivity index (χ4v) is 1.57. The lowest BCUT2D eigenvalue weighted by Gasteiger charge is -2.20. The Bertz CT molecular complexity index is 888. The van der Waals surface area contributed by atoms with Gasteiger partial charge in [-0.25, -0.2) is 0 Å². The maximum atomic E-state index is 8.19. The van der Waals surface area contributed by atoms with Gasteiger partial charge >= 0.3 is 0 Å². The zero-order valence-corrected chi connectivity index (χ0v) is 9.87. The molecule has 0 radical (unpaired) electrons. The van der Waals surface area contributed by atoms with E-state index in [4.69, 9.17) is 22.6 Å². The van der Waals surface area contributed by atoms with Crippen molar-refractivity contribution in [2.24, 2.45) is 6.98 Å². The van der Waals surface area contributed by atoms with Crippen LogP contribution in [0.3, 0.4) is 0 Å². The van der Waals surface area contributed by atoms with Gasteiger partial charge in [0.1, 0.15) is 6.10 Å². The molecule has 1 unspecified atom stereocenters. The zero-order valence-electron chi connectivity index (χ0n) is 22.9. The SMILES string of the molecule is [2H]C([2H])([2H])N(C([2H])([2H])[2H])C([2H])([2H])C([2H])([2H])OC(c1ccccc1)c1ccnn1C([2H])([2H])[2H]. The average Bonchev–Trinajstić information content (AvgIpc) is 3.07. The summed E-state index contributed by atoms with van der Waals surface area (Å²) in [5.41, 5.74) is 0.0256. The van der Waals surface area contributed by atoms with Crippen LogP contribution in [-0.4, -0.2) is 41.7 Å². The molecule has 0 aliphatic heterocycles. The van der Waals surface area contributed by atoms with Crippen LogP contribution in [0.25, 0.3) is 0 Å². The van der Waals surface area contributed by atoms with Crippen LogP contribution in [0.4, 0.5) is 0 Å². The van der Waals surface area contributed by atoms with Crippen molar-refractivity contribution < 1.29 is 22.6 Å². The zero-order chi connectivity index (χ0) is 24.8. The van der Waals surface area contributed by atoms with Gasteiger partial charge in [-0.2, -0.15) is 5.10 Å². The first-order valence-electron chi connectivity index (χ1n) is 11.9. The Kier molecular flexibility index (Phi) is 1.61. The van der Waals surface area contributed by atoms with E-state index in [1.165, 1.54) is 18.2 Å². The lowest BCUT2D eigenvalue weighted by Crippen LogP contribution is -2.20. The highest BCUT2D eigenvalue weighted by Gasteiger charge is 2.17. The summed E-state index contributed by atoms with van der Waals surface area (Å²) in [6, 6.07) is 8.85. The maximum absolute atomic E-state index is 8.19. The molecule has 4 heteroatoms. The largest absolute Gasteiger partial charge is 0.366 e. The first-order valence-corrected chi connectivity index (χ1v) is 5.38. The molecule has 0 fully saturated rings. The van der Waals surface area contributed by atoms with Crippen molar-refractivity contribution in [2.45, 2.75) is 6.10 Å². The Morgan fingerprint density at radius 2 is 2.21 bits per heavy atom. The second kappa shape index (κ2) is 6.50. The van der Waals surface area contributed by atoms with Crippen LogP contribution in [0, 0.1) is 0 Å². The minimum absolute atomic E-state index is 0.176. The smallest absolute Gasteiger partial charge is 0.124 e. The molecule has 1 heterocycles. The molecular weight excluding hydrogens is 238 g/mol. The number of aryl methyl sites for hydroxylation is 1. The first-order chi connectivity index (χ1) is 14.3. The highest BCUT2D eigenvalue weighted by molar-refractivity contribution is 5.25. The lowest BCUT2D eigenvalue weighted by atomic mass is 10.1. The van der Waals surface area contributed by atoms with Gasteiger partial charge in [-0.1, -0.05) is 30.3 Å². The molecule has 19 heavy (non-hydrogen) atoms. The minimum atomic E-state index is -3.69. The molecule has 0 saturated carbocycles. The normalized spacial score (nSPS) is 26.5. The molecule has 4 nitrogen and oxygen atoms in total. The predicted octanol–water partition coefficient (Wildman–Crippen LogP) is 2.09. The third kappa shape index (κ3) is 3.66. The number of benzene rings is 1. The molecule has 1 aromatic carbocycles. The van der Waals surface area contributed by atoms with E-state index in [0.717, 1.165) is 6.20 Å². The lowest BCUT2D eigenvalue weighted by molar-refractivity contribution is 0.0638. The Morgan fingerprint density at radius 1 is 1.37 bits per heavy atom. The van der Waals surface area contributed by atoms with Crippen LogP contribution in [0.2, 0.25) is 0 Å². The van der Waals surface area contributed by atoms with Crippen LogP contribution in [0.5, 0.6) is 0 Å². The van der Waals surface area contributed by atoms with E-state index in [1.54, 1.807) is 18.2 Å². The number of hydrogen-bond acceptors (Lipinski definition) is 3. The minimum Gasteiger partial charge on any atom is -0.366 e. The number of aromatic nitrogens is 2. The molecule has 0 saturated heterocycles. The van der Waals surface area contributed by atoms with Gasteiger partial charge in [0, 0.05) is 34.7 Å². The molecule has 0 aliphatic carbocycles. The van der Waals surface area contributed by atoms with Crippen molar-refractivity contribution in [3.8, 4) is 0 Å². The molecule has 0 N–H and O–H groups in total. The van der Waals surface area contributed by atoms with Gasteiger partial charge in [0.05, 0.1) is 15.0 Å². The number of hydrogen-bond donors (Lipinski definition) is 0. The van der Waals surface area contributed by atoms with E-state index in [0.29, 0.717) is 4.68 Å². The molecular formula is C15H21N3O.